The van der Waals surface area contributed by atoms with Gasteiger partial charge in [-0.3, -0.25) is 4.79 Å². The first-order valence-electron chi connectivity index (χ1n) is 5.93. The van der Waals surface area contributed by atoms with Gasteiger partial charge in [0.15, 0.2) is 5.57 Å². The van der Waals surface area contributed by atoms with Gasteiger partial charge in [0.05, 0.1) is 5.92 Å². The standard InChI is InChI=1S/C12H15F3N2O2/c1-7(18)10(6-16)11(19)17-9-4-2-8(3-5-9)12(13,14)15/h8-9,18H,2-5H2,1H3,(H,17,19)/b10-7+. The Hall–Kier alpha value is -1.71. The monoisotopic (exact) mass is 276 g/mol. The van der Waals surface area contributed by atoms with Crippen LogP contribution in [0, 0.1) is 17.2 Å². The van der Waals surface area contributed by atoms with Gasteiger partial charge in [0, 0.05) is 6.04 Å². The minimum atomic E-state index is -4.19. The number of carbonyl (C=O) groups excluding carboxylic acids is 1. The van der Waals surface area contributed by atoms with Crippen LogP contribution in [0.1, 0.15) is 32.6 Å². The van der Waals surface area contributed by atoms with Crippen molar-refractivity contribution in [2.24, 2.45) is 5.92 Å². The molecule has 1 aliphatic rings. The fourth-order valence-electron chi connectivity index (χ4n) is 2.12. The summed E-state index contributed by atoms with van der Waals surface area (Å²) in [5.41, 5.74) is -0.405. The van der Waals surface area contributed by atoms with Gasteiger partial charge in [-0.25, -0.2) is 0 Å². The third-order valence-electron chi connectivity index (χ3n) is 3.23. The lowest BCUT2D eigenvalue weighted by atomic mass is 9.85. The minimum Gasteiger partial charge on any atom is -0.511 e. The highest BCUT2D eigenvalue weighted by molar-refractivity contribution is 5.97. The maximum atomic E-state index is 12.4. The molecule has 0 aromatic carbocycles. The summed E-state index contributed by atoms with van der Waals surface area (Å²) in [6.07, 6.45) is -3.80. The molecule has 4 nitrogen and oxygen atoms in total. The first-order valence-corrected chi connectivity index (χ1v) is 5.93. The van der Waals surface area contributed by atoms with Crippen molar-refractivity contribution in [3.63, 3.8) is 0 Å². The van der Waals surface area contributed by atoms with Gasteiger partial charge >= 0.3 is 6.18 Å². The molecule has 0 atom stereocenters. The van der Waals surface area contributed by atoms with E-state index in [9.17, 15) is 18.0 Å². The number of aliphatic hydroxyl groups excluding tert-OH is 1. The van der Waals surface area contributed by atoms with Crippen molar-refractivity contribution in [1.29, 1.82) is 5.26 Å². The molecule has 1 saturated carbocycles. The van der Waals surface area contributed by atoms with Gasteiger partial charge in [-0.15, -0.1) is 0 Å². The molecular formula is C12H15F3N2O2. The first-order chi connectivity index (χ1) is 8.75. The summed E-state index contributed by atoms with van der Waals surface area (Å²) in [6.45, 7) is 1.21. The van der Waals surface area contributed by atoms with Crippen molar-refractivity contribution < 1.29 is 23.1 Å². The highest BCUT2D eigenvalue weighted by Crippen LogP contribution is 2.37. The Labute approximate surface area is 108 Å². The molecular weight excluding hydrogens is 261 g/mol. The number of alkyl halides is 3. The maximum Gasteiger partial charge on any atom is 0.391 e. The summed E-state index contributed by atoms with van der Waals surface area (Å²) >= 11 is 0. The van der Waals surface area contributed by atoms with Gasteiger partial charge < -0.3 is 10.4 Å². The largest absolute Gasteiger partial charge is 0.511 e. The van der Waals surface area contributed by atoms with Crippen molar-refractivity contribution in [2.45, 2.75) is 44.8 Å². The van der Waals surface area contributed by atoms with E-state index in [1.807, 2.05) is 0 Å². The lowest BCUT2D eigenvalue weighted by molar-refractivity contribution is -0.182. The number of aliphatic hydroxyl groups is 1. The van der Waals surface area contributed by atoms with E-state index in [1.165, 1.54) is 6.92 Å². The van der Waals surface area contributed by atoms with Crippen LogP contribution in [0.4, 0.5) is 13.2 Å². The Balaban J connectivity index is 2.53. The Morgan fingerprint density at radius 1 is 1.32 bits per heavy atom. The van der Waals surface area contributed by atoms with E-state index >= 15 is 0 Å². The predicted octanol–water partition coefficient (Wildman–Crippen LogP) is 2.58. The summed E-state index contributed by atoms with van der Waals surface area (Å²) < 4.78 is 37.3. The lowest BCUT2D eigenvalue weighted by Crippen LogP contribution is -2.40. The van der Waals surface area contributed by atoms with Crippen molar-refractivity contribution >= 4 is 5.91 Å². The second-order valence-corrected chi connectivity index (χ2v) is 4.64. The summed E-state index contributed by atoms with van der Waals surface area (Å²) in [7, 11) is 0. The van der Waals surface area contributed by atoms with Crippen LogP contribution >= 0.6 is 0 Å². The zero-order valence-corrected chi connectivity index (χ0v) is 10.4. The van der Waals surface area contributed by atoms with Crippen molar-refractivity contribution in [3.8, 4) is 6.07 Å². The molecule has 2 N–H and O–H groups in total. The van der Waals surface area contributed by atoms with Crippen molar-refractivity contribution in [2.75, 3.05) is 0 Å². The number of nitrogens with zero attached hydrogens (tertiary/aromatic N) is 1. The second kappa shape index (κ2) is 5.95. The molecule has 0 heterocycles. The molecule has 0 bridgehead atoms. The average Bonchev–Trinajstić information content (AvgIpc) is 2.28. The van der Waals surface area contributed by atoms with E-state index in [1.54, 1.807) is 6.07 Å². The molecule has 0 aromatic heterocycles. The summed E-state index contributed by atoms with van der Waals surface area (Å²) in [4.78, 5) is 11.6. The molecule has 0 aliphatic heterocycles. The number of nitrogens with one attached hydrogen (secondary N) is 1. The molecule has 0 spiro atoms. The zero-order valence-electron chi connectivity index (χ0n) is 10.4. The van der Waals surface area contributed by atoms with Crippen LogP contribution in [0.2, 0.25) is 0 Å². The topological polar surface area (TPSA) is 73.1 Å². The Kier molecular flexibility index (Phi) is 4.81. The average molecular weight is 276 g/mol. The molecule has 19 heavy (non-hydrogen) atoms. The minimum absolute atomic E-state index is 0.0296. The van der Waals surface area contributed by atoms with Crippen LogP contribution < -0.4 is 5.32 Å². The lowest BCUT2D eigenvalue weighted by Gasteiger charge is -2.30. The highest BCUT2D eigenvalue weighted by atomic mass is 19.4. The first kappa shape index (κ1) is 15.3. The van der Waals surface area contributed by atoms with Gasteiger partial charge in [0.2, 0.25) is 0 Å². The second-order valence-electron chi connectivity index (χ2n) is 4.64. The third kappa shape index (κ3) is 4.16. The number of carbonyl (C=O) groups is 1. The zero-order chi connectivity index (χ0) is 14.6. The van der Waals surface area contributed by atoms with E-state index in [4.69, 9.17) is 10.4 Å². The van der Waals surface area contributed by atoms with E-state index in [2.05, 4.69) is 5.32 Å². The van der Waals surface area contributed by atoms with Crippen LogP contribution in [0.15, 0.2) is 11.3 Å². The maximum absolute atomic E-state index is 12.4. The van der Waals surface area contributed by atoms with E-state index < -0.39 is 29.3 Å². The Morgan fingerprint density at radius 2 is 1.84 bits per heavy atom. The normalized spacial score (nSPS) is 25.2. The van der Waals surface area contributed by atoms with Crippen molar-refractivity contribution in [3.05, 3.63) is 11.3 Å². The van der Waals surface area contributed by atoms with E-state index in [-0.39, 0.29) is 31.7 Å². The quantitative estimate of drug-likeness (QED) is 0.462. The molecule has 1 rings (SSSR count). The Bertz CT molecular complexity index is 412. The molecule has 1 fully saturated rings. The van der Waals surface area contributed by atoms with Crippen LogP contribution in [-0.4, -0.2) is 23.2 Å². The smallest absolute Gasteiger partial charge is 0.391 e. The summed E-state index contributed by atoms with van der Waals surface area (Å²) in [5.74, 6) is -2.45. The van der Waals surface area contributed by atoms with Gasteiger partial charge in [-0.1, -0.05) is 0 Å². The molecule has 1 aliphatic carbocycles. The molecule has 0 radical (unpaired) electrons. The summed E-state index contributed by atoms with van der Waals surface area (Å²) in [5, 5.41) is 20.3. The fraction of sp³-hybridized carbons (Fsp3) is 0.667. The summed E-state index contributed by atoms with van der Waals surface area (Å²) in [6, 6.07) is 1.18. The number of hydrogen-bond acceptors (Lipinski definition) is 3. The molecule has 0 unspecified atom stereocenters. The number of nitriles is 1. The van der Waals surface area contributed by atoms with Gasteiger partial charge in [-0.05, 0) is 32.6 Å². The van der Waals surface area contributed by atoms with Crippen LogP contribution in [0.5, 0.6) is 0 Å². The van der Waals surface area contributed by atoms with Crippen molar-refractivity contribution in [1.82, 2.24) is 5.32 Å². The number of allylic oxidation sites excluding steroid dienone is 1. The van der Waals surface area contributed by atoms with E-state index in [0.29, 0.717) is 0 Å². The Morgan fingerprint density at radius 3 is 2.21 bits per heavy atom. The number of halogens is 3. The molecule has 106 valence electrons. The number of amides is 1. The molecule has 1 amide bonds. The number of rotatable bonds is 2. The molecule has 0 saturated heterocycles. The van der Waals surface area contributed by atoms with Gasteiger partial charge in [0.1, 0.15) is 11.8 Å². The predicted molar refractivity (Wildman–Crippen MR) is 60.9 cm³/mol. The van der Waals surface area contributed by atoms with Crippen LogP contribution in [0.25, 0.3) is 0 Å². The van der Waals surface area contributed by atoms with Crippen LogP contribution in [0.3, 0.4) is 0 Å². The molecule has 0 aromatic rings. The number of hydrogen-bond donors (Lipinski definition) is 2. The van der Waals surface area contributed by atoms with Crippen LogP contribution in [-0.2, 0) is 4.79 Å². The van der Waals surface area contributed by atoms with E-state index in [0.717, 1.165) is 0 Å². The van der Waals surface area contributed by atoms with Gasteiger partial charge in [-0.2, -0.15) is 18.4 Å². The third-order valence-corrected chi connectivity index (χ3v) is 3.23. The highest BCUT2D eigenvalue weighted by Gasteiger charge is 2.41. The fourth-order valence-corrected chi connectivity index (χ4v) is 2.12. The molecule has 7 heteroatoms. The SMILES string of the molecule is C/C(O)=C(/C#N)C(=O)NC1CCC(C(F)(F)F)CC1. The van der Waals surface area contributed by atoms with Gasteiger partial charge in [0.25, 0.3) is 5.91 Å².